The van der Waals surface area contributed by atoms with E-state index >= 15 is 0 Å². The fourth-order valence-corrected chi connectivity index (χ4v) is 4.60. The number of carbonyl (C=O) groups is 1. The normalized spacial score (nSPS) is 15.0. The second kappa shape index (κ2) is 8.39. The van der Waals surface area contributed by atoms with Crippen molar-refractivity contribution in [1.29, 1.82) is 0 Å². The molecule has 0 fully saturated rings. The van der Waals surface area contributed by atoms with Crippen molar-refractivity contribution in [3.63, 3.8) is 0 Å². The molecule has 0 spiro atoms. The van der Waals surface area contributed by atoms with Gasteiger partial charge in [0.05, 0.1) is 12.7 Å². The molecular formula is C21H16I2O3. The lowest BCUT2D eigenvalue weighted by Gasteiger charge is -2.09. The number of benzene rings is 2. The van der Waals surface area contributed by atoms with Gasteiger partial charge in [0.25, 0.3) is 0 Å². The lowest BCUT2D eigenvalue weighted by molar-refractivity contribution is -0.130. The van der Waals surface area contributed by atoms with E-state index in [-0.39, 0.29) is 5.97 Å². The van der Waals surface area contributed by atoms with Crippen LogP contribution >= 0.6 is 45.2 Å². The van der Waals surface area contributed by atoms with Gasteiger partial charge in [-0.05, 0) is 82.0 Å². The first kappa shape index (κ1) is 19.2. The first-order chi connectivity index (χ1) is 12.5. The summed E-state index contributed by atoms with van der Waals surface area (Å²) in [5, 5.41) is 0. The Hall–Kier alpha value is -1.61. The minimum Gasteiger partial charge on any atom is -0.487 e. The summed E-state index contributed by atoms with van der Waals surface area (Å²) in [6, 6.07) is 11.9. The van der Waals surface area contributed by atoms with Crippen LogP contribution in [-0.2, 0) is 9.53 Å². The van der Waals surface area contributed by atoms with E-state index in [2.05, 4.69) is 51.8 Å². The quantitative estimate of drug-likeness (QED) is 0.199. The van der Waals surface area contributed by atoms with E-state index in [1.54, 1.807) is 12.2 Å². The molecule has 132 valence electrons. The monoisotopic (exact) mass is 570 g/mol. The van der Waals surface area contributed by atoms with Crippen LogP contribution < -0.4 is 4.74 Å². The second-order valence-corrected chi connectivity index (χ2v) is 8.10. The Morgan fingerprint density at radius 1 is 1.15 bits per heavy atom. The summed E-state index contributed by atoms with van der Waals surface area (Å²) in [6.07, 6.45) is 5.34. The molecule has 0 atom stereocenters. The highest BCUT2D eigenvalue weighted by atomic mass is 127. The second-order valence-electron chi connectivity index (χ2n) is 5.78. The van der Waals surface area contributed by atoms with Crippen molar-refractivity contribution in [1.82, 2.24) is 0 Å². The van der Waals surface area contributed by atoms with Crippen LogP contribution in [0.25, 0.3) is 11.8 Å². The zero-order valence-corrected chi connectivity index (χ0v) is 18.4. The summed E-state index contributed by atoms with van der Waals surface area (Å²) in [5.74, 6) is 1.08. The van der Waals surface area contributed by atoms with E-state index in [9.17, 15) is 4.79 Å². The zero-order valence-electron chi connectivity index (χ0n) is 14.1. The standard InChI is InChI=1S/C21H16I2O3/c1-3-8-25-20-17(22)10-14(11-18(20)23)9-16-12-19(26-21(16)24)15-6-4-13(2)5-7-15/h3-7,9-12H,1,8H2,2H3/b16-9+. The number of aryl methyl sites for hydroxylation is 1. The molecule has 0 aliphatic carbocycles. The van der Waals surface area contributed by atoms with Crippen molar-refractivity contribution in [3.05, 3.63) is 84.5 Å². The summed E-state index contributed by atoms with van der Waals surface area (Å²) < 4.78 is 13.1. The molecule has 2 aromatic carbocycles. The van der Waals surface area contributed by atoms with Crippen molar-refractivity contribution >= 4 is 63.0 Å². The first-order valence-electron chi connectivity index (χ1n) is 7.93. The molecule has 1 heterocycles. The average Bonchev–Trinajstić information content (AvgIpc) is 2.95. The minimum absolute atomic E-state index is 0.336. The zero-order chi connectivity index (χ0) is 18.7. The molecule has 0 aromatic heterocycles. The van der Waals surface area contributed by atoms with Crippen molar-refractivity contribution in [3.8, 4) is 5.75 Å². The summed E-state index contributed by atoms with van der Waals surface area (Å²) in [5.41, 5.74) is 3.52. The van der Waals surface area contributed by atoms with Gasteiger partial charge in [-0.1, -0.05) is 42.5 Å². The maximum Gasteiger partial charge on any atom is 0.343 e. The van der Waals surface area contributed by atoms with Crippen LogP contribution in [0.15, 0.2) is 60.7 Å². The molecule has 0 radical (unpaired) electrons. The van der Waals surface area contributed by atoms with Crippen molar-refractivity contribution < 1.29 is 14.3 Å². The van der Waals surface area contributed by atoms with E-state index in [1.807, 2.05) is 49.4 Å². The van der Waals surface area contributed by atoms with Gasteiger partial charge in [0, 0.05) is 5.56 Å². The summed E-state index contributed by atoms with van der Waals surface area (Å²) in [7, 11) is 0. The van der Waals surface area contributed by atoms with Crippen molar-refractivity contribution in [2.45, 2.75) is 6.92 Å². The van der Waals surface area contributed by atoms with E-state index in [1.165, 1.54) is 0 Å². The van der Waals surface area contributed by atoms with E-state index < -0.39 is 0 Å². The number of carbonyl (C=O) groups excluding carboxylic acids is 1. The molecule has 0 saturated carbocycles. The molecule has 0 amide bonds. The maximum absolute atomic E-state index is 12.2. The van der Waals surface area contributed by atoms with E-state index in [0.29, 0.717) is 17.9 Å². The summed E-state index contributed by atoms with van der Waals surface area (Å²) in [4.78, 5) is 12.2. The molecule has 1 aliphatic heterocycles. The van der Waals surface area contributed by atoms with E-state index in [0.717, 1.165) is 29.6 Å². The Bertz CT molecular complexity index is 902. The van der Waals surface area contributed by atoms with Gasteiger partial charge in [-0.25, -0.2) is 4.79 Å². The van der Waals surface area contributed by atoms with Gasteiger partial charge in [0.15, 0.2) is 0 Å². The molecule has 3 nitrogen and oxygen atoms in total. The van der Waals surface area contributed by atoms with Crippen LogP contribution in [-0.4, -0.2) is 12.6 Å². The Balaban J connectivity index is 1.90. The molecule has 2 aromatic rings. The highest BCUT2D eigenvalue weighted by Gasteiger charge is 2.22. The summed E-state index contributed by atoms with van der Waals surface area (Å²) in [6.45, 7) is 6.15. The number of halogens is 2. The summed E-state index contributed by atoms with van der Waals surface area (Å²) >= 11 is 4.47. The number of esters is 1. The molecule has 0 N–H and O–H groups in total. The van der Waals surface area contributed by atoms with E-state index in [4.69, 9.17) is 9.47 Å². The van der Waals surface area contributed by atoms with Crippen LogP contribution in [0.1, 0.15) is 16.7 Å². The topological polar surface area (TPSA) is 35.5 Å². The Morgan fingerprint density at radius 2 is 1.81 bits per heavy atom. The molecule has 0 unspecified atom stereocenters. The fraction of sp³-hybridized carbons (Fsp3) is 0.0952. The Labute approximate surface area is 180 Å². The molecule has 26 heavy (non-hydrogen) atoms. The highest BCUT2D eigenvalue weighted by Crippen LogP contribution is 2.32. The number of rotatable bonds is 5. The molecule has 0 bridgehead atoms. The fourth-order valence-electron chi connectivity index (χ4n) is 2.47. The lowest BCUT2D eigenvalue weighted by Crippen LogP contribution is -1.99. The van der Waals surface area contributed by atoms with Gasteiger partial charge in [0.2, 0.25) is 0 Å². The number of hydrogen-bond acceptors (Lipinski definition) is 3. The third kappa shape index (κ3) is 4.37. The molecule has 0 saturated heterocycles. The molecule has 5 heteroatoms. The van der Waals surface area contributed by atoms with Crippen LogP contribution in [0.4, 0.5) is 0 Å². The number of cyclic esters (lactones) is 1. The van der Waals surface area contributed by atoms with Crippen LogP contribution in [0.2, 0.25) is 0 Å². The minimum atomic E-state index is -0.336. The SMILES string of the molecule is C=CCOc1c(I)cc(/C=C2\C=C(c3ccc(C)cc3)OC2=O)cc1I. The predicted molar refractivity (Wildman–Crippen MR) is 121 cm³/mol. The van der Waals surface area contributed by atoms with Gasteiger partial charge in [-0.2, -0.15) is 0 Å². The van der Waals surface area contributed by atoms with Gasteiger partial charge < -0.3 is 9.47 Å². The van der Waals surface area contributed by atoms with Crippen LogP contribution in [0, 0.1) is 14.1 Å². The van der Waals surface area contributed by atoms with Crippen molar-refractivity contribution in [2.24, 2.45) is 0 Å². The smallest absolute Gasteiger partial charge is 0.343 e. The predicted octanol–water partition coefficient (Wildman–Crippen LogP) is 5.75. The first-order valence-corrected chi connectivity index (χ1v) is 10.1. The maximum atomic E-state index is 12.2. The van der Waals surface area contributed by atoms with Gasteiger partial charge in [-0.3, -0.25) is 0 Å². The average molecular weight is 570 g/mol. The van der Waals surface area contributed by atoms with Gasteiger partial charge in [-0.15, -0.1) is 0 Å². The number of hydrogen-bond donors (Lipinski definition) is 0. The number of ether oxygens (including phenoxy) is 2. The van der Waals surface area contributed by atoms with Gasteiger partial charge >= 0.3 is 5.97 Å². The Kier molecular flexibility index (Phi) is 6.18. The lowest BCUT2D eigenvalue weighted by atomic mass is 10.1. The molecule has 1 aliphatic rings. The molecular weight excluding hydrogens is 554 g/mol. The highest BCUT2D eigenvalue weighted by molar-refractivity contribution is 14.1. The third-order valence-electron chi connectivity index (χ3n) is 3.75. The van der Waals surface area contributed by atoms with Crippen molar-refractivity contribution in [2.75, 3.05) is 6.61 Å². The van der Waals surface area contributed by atoms with Gasteiger partial charge in [0.1, 0.15) is 18.1 Å². The largest absolute Gasteiger partial charge is 0.487 e. The molecule has 3 rings (SSSR count). The van der Waals surface area contributed by atoms with Crippen LogP contribution in [0.3, 0.4) is 0 Å². The Morgan fingerprint density at radius 3 is 2.42 bits per heavy atom. The third-order valence-corrected chi connectivity index (χ3v) is 5.35. The van der Waals surface area contributed by atoms with Crippen LogP contribution in [0.5, 0.6) is 5.75 Å².